The second-order valence-corrected chi connectivity index (χ2v) is 5.41. The molecule has 1 aromatic carbocycles. The third-order valence-electron chi connectivity index (χ3n) is 3.23. The molecule has 0 bridgehead atoms. The number of hydrogen-bond donors (Lipinski definition) is 2. The molecule has 1 saturated carbocycles. The Bertz CT molecular complexity index is 385. The van der Waals surface area contributed by atoms with E-state index in [1.165, 1.54) is 0 Å². The minimum atomic E-state index is 0.0567. The Morgan fingerprint density at radius 1 is 1.47 bits per heavy atom. The zero-order chi connectivity index (χ0) is 11.1. The topological polar surface area (TPSA) is 46.2 Å². The Hall–Kier alpha value is -0.540. The van der Waals surface area contributed by atoms with E-state index in [1.54, 1.807) is 0 Å². The molecule has 0 amide bonds. The van der Waals surface area contributed by atoms with Gasteiger partial charge in [-0.25, -0.2) is 0 Å². The Labute approximate surface area is 98.6 Å². The van der Waals surface area contributed by atoms with Gasteiger partial charge in [0.1, 0.15) is 5.75 Å². The van der Waals surface area contributed by atoms with Crippen LogP contribution >= 0.6 is 15.9 Å². The first-order valence-corrected chi connectivity index (χ1v) is 6.07. The highest BCUT2D eigenvalue weighted by Gasteiger charge is 2.37. The van der Waals surface area contributed by atoms with Crippen LogP contribution in [-0.2, 0) is 6.42 Å². The molecule has 2 rings (SSSR count). The summed E-state index contributed by atoms with van der Waals surface area (Å²) >= 11 is 3.34. The number of hydrogen-bond acceptors (Lipinski definition) is 2. The van der Waals surface area contributed by atoms with Crippen molar-refractivity contribution in [2.24, 2.45) is 5.73 Å². The van der Waals surface area contributed by atoms with Crippen LogP contribution in [0.4, 0.5) is 0 Å². The Balaban J connectivity index is 2.16. The van der Waals surface area contributed by atoms with Crippen LogP contribution in [0.1, 0.15) is 30.4 Å². The Kier molecular flexibility index (Phi) is 2.77. The molecule has 0 spiro atoms. The average Bonchev–Trinajstić information content (AvgIpc) is 2.91. The van der Waals surface area contributed by atoms with Gasteiger partial charge in [0, 0.05) is 5.54 Å². The normalized spacial score (nSPS) is 17.8. The van der Waals surface area contributed by atoms with Gasteiger partial charge in [-0.1, -0.05) is 6.07 Å². The van der Waals surface area contributed by atoms with Crippen LogP contribution in [0.15, 0.2) is 16.6 Å². The Morgan fingerprint density at radius 3 is 2.73 bits per heavy atom. The zero-order valence-corrected chi connectivity index (χ0v) is 10.5. The average molecular weight is 270 g/mol. The van der Waals surface area contributed by atoms with Crippen molar-refractivity contribution in [1.29, 1.82) is 0 Å². The van der Waals surface area contributed by atoms with Crippen LogP contribution in [0.5, 0.6) is 5.75 Å². The molecule has 2 nitrogen and oxygen atoms in total. The summed E-state index contributed by atoms with van der Waals surface area (Å²) in [4.78, 5) is 0. The molecule has 0 heterocycles. The maximum atomic E-state index is 9.91. The molecule has 0 saturated heterocycles. The molecule has 0 atom stereocenters. The lowest BCUT2D eigenvalue weighted by Crippen LogP contribution is -2.22. The molecule has 0 aliphatic heterocycles. The third kappa shape index (κ3) is 2.34. The summed E-state index contributed by atoms with van der Waals surface area (Å²) in [7, 11) is 0. The van der Waals surface area contributed by atoms with Gasteiger partial charge >= 0.3 is 0 Å². The highest BCUT2D eigenvalue weighted by atomic mass is 79.9. The highest BCUT2D eigenvalue weighted by molar-refractivity contribution is 9.10. The molecule has 15 heavy (non-hydrogen) atoms. The molecule has 1 aliphatic rings. The molecule has 82 valence electrons. The highest BCUT2D eigenvalue weighted by Crippen LogP contribution is 2.39. The van der Waals surface area contributed by atoms with E-state index in [0.717, 1.165) is 41.3 Å². The molecular weight excluding hydrogens is 254 g/mol. The Morgan fingerprint density at radius 2 is 2.13 bits per heavy atom. The fourth-order valence-corrected chi connectivity index (χ4v) is 2.18. The number of aryl methyl sites for hydroxylation is 1. The predicted molar refractivity (Wildman–Crippen MR) is 65.0 cm³/mol. The zero-order valence-electron chi connectivity index (χ0n) is 8.89. The summed E-state index contributed by atoms with van der Waals surface area (Å²) in [6.07, 6.45) is 4.09. The maximum Gasteiger partial charge on any atom is 0.133 e. The summed E-state index contributed by atoms with van der Waals surface area (Å²) in [5.74, 6) is 0.374. The second kappa shape index (κ2) is 3.80. The molecule has 1 aromatic rings. The fourth-order valence-electron chi connectivity index (χ4n) is 1.81. The lowest BCUT2D eigenvalue weighted by atomic mass is 9.99. The maximum absolute atomic E-state index is 9.91. The quantitative estimate of drug-likeness (QED) is 0.887. The summed E-state index contributed by atoms with van der Waals surface area (Å²) in [6, 6.07) is 3.90. The first-order chi connectivity index (χ1) is 7.02. The van der Waals surface area contributed by atoms with Gasteiger partial charge in [-0.15, -0.1) is 0 Å². The molecule has 3 N–H and O–H groups in total. The molecule has 1 fully saturated rings. The summed E-state index contributed by atoms with van der Waals surface area (Å²) in [5.41, 5.74) is 8.26. The number of rotatable bonds is 3. The van der Waals surface area contributed by atoms with Gasteiger partial charge in [0.2, 0.25) is 0 Å². The van der Waals surface area contributed by atoms with Crippen molar-refractivity contribution in [1.82, 2.24) is 0 Å². The van der Waals surface area contributed by atoms with Crippen LogP contribution < -0.4 is 5.73 Å². The van der Waals surface area contributed by atoms with Crippen LogP contribution in [-0.4, -0.2) is 10.6 Å². The van der Waals surface area contributed by atoms with Crippen molar-refractivity contribution in [2.75, 3.05) is 0 Å². The van der Waals surface area contributed by atoms with Crippen LogP contribution in [0.25, 0.3) is 0 Å². The van der Waals surface area contributed by atoms with Gasteiger partial charge in [0.15, 0.2) is 0 Å². The molecule has 0 radical (unpaired) electrons. The first kappa shape index (κ1) is 11.0. The van der Waals surface area contributed by atoms with E-state index in [-0.39, 0.29) is 5.54 Å². The number of halogens is 1. The van der Waals surface area contributed by atoms with E-state index in [4.69, 9.17) is 5.73 Å². The minimum absolute atomic E-state index is 0.0567. The number of phenols is 1. The third-order valence-corrected chi connectivity index (χ3v) is 3.87. The van der Waals surface area contributed by atoms with Gasteiger partial charge < -0.3 is 10.8 Å². The molecule has 3 heteroatoms. The summed E-state index contributed by atoms with van der Waals surface area (Å²) in [6.45, 7) is 2.03. The largest absolute Gasteiger partial charge is 0.506 e. The standard InChI is InChI=1S/C12H16BrNO/c1-8-2-3-10(13)11(15)9(8)4-5-12(14)6-7-12/h2-3,15H,4-7,14H2,1H3. The van der Waals surface area contributed by atoms with Crippen LogP contribution in [0.2, 0.25) is 0 Å². The van der Waals surface area contributed by atoms with Gasteiger partial charge in [0.25, 0.3) is 0 Å². The van der Waals surface area contributed by atoms with Crippen LogP contribution in [0.3, 0.4) is 0 Å². The van der Waals surface area contributed by atoms with E-state index in [1.807, 2.05) is 19.1 Å². The first-order valence-electron chi connectivity index (χ1n) is 5.28. The van der Waals surface area contributed by atoms with Gasteiger partial charge in [-0.3, -0.25) is 0 Å². The van der Waals surface area contributed by atoms with E-state index in [0.29, 0.717) is 5.75 Å². The van der Waals surface area contributed by atoms with Crippen molar-refractivity contribution < 1.29 is 5.11 Å². The SMILES string of the molecule is Cc1ccc(Br)c(O)c1CCC1(N)CC1. The second-order valence-electron chi connectivity index (χ2n) is 4.55. The summed E-state index contributed by atoms with van der Waals surface area (Å²) in [5, 5.41) is 9.91. The van der Waals surface area contributed by atoms with E-state index >= 15 is 0 Å². The molecule has 0 aromatic heterocycles. The fraction of sp³-hybridized carbons (Fsp3) is 0.500. The predicted octanol–water partition coefficient (Wildman–Crippen LogP) is 2.89. The molecule has 1 aliphatic carbocycles. The van der Waals surface area contributed by atoms with Gasteiger partial charge in [-0.2, -0.15) is 0 Å². The smallest absolute Gasteiger partial charge is 0.133 e. The molecular formula is C12H16BrNO. The number of nitrogens with two attached hydrogens (primary N) is 1. The van der Waals surface area contributed by atoms with E-state index in [9.17, 15) is 5.11 Å². The van der Waals surface area contributed by atoms with Crippen LogP contribution in [0, 0.1) is 6.92 Å². The van der Waals surface area contributed by atoms with Crippen molar-refractivity contribution >= 4 is 15.9 Å². The summed E-state index contributed by atoms with van der Waals surface area (Å²) < 4.78 is 0.768. The van der Waals surface area contributed by atoms with Crippen molar-refractivity contribution in [2.45, 2.75) is 38.1 Å². The number of phenolic OH excluding ortho intramolecular Hbond substituents is 1. The number of aromatic hydroxyl groups is 1. The van der Waals surface area contributed by atoms with E-state index in [2.05, 4.69) is 15.9 Å². The van der Waals surface area contributed by atoms with Gasteiger partial charge in [0.05, 0.1) is 4.47 Å². The molecule has 0 unspecified atom stereocenters. The lowest BCUT2D eigenvalue weighted by Gasteiger charge is -2.12. The van der Waals surface area contributed by atoms with E-state index < -0.39 is 0 Å². The lowest BCUT2D eigenvalue weighted by molar-refractivity contribution is 0.460. The van der Waals surface area contributed by atoms with Crippen molar-refractivity contribution in [3.8, 4) is 5.75 Å². The van der Waals surface area contributed by atoms with Crippen molar-refractivity contribution in [3.63, 3.8) is 0 Å². The number of benzene rings is 1. The monoisotopic (exact) mass is 269 g/mol. The van der Waals surface area contributed by atoms with Gasteiger partial charge in [-0.05, 0) is 65.7 Å². The van der Waals surface area contributed by atoms with Crippen molar-refractivity contribution in [3.05, 3.63) is 27.7 Å². The minimum Gasteiger partial charge on any atom is -0.506 e.